The predicted molar refractivity (Wildman–Crippen MR) is 170 cm³/mol. The minimum atomic E-state index is -5.00. The second-order valence-corrected chi connectivity index (χ2v) is 17.1. The van der Waals surface area contributed by atoms with E-state index in [0.29, 0.717) is 26.8 Å². The molecular weight excluding hydrogens is 712 g/mol. The highest BCUT2D eigenvalue weighted by atomic mass is 79.9. The van der Waals surface area contributed by atoms with Gasteiger partial charge >= 0.3 is 12.1 Å². The summed E-state index contributed by atoms with van der Waals surface area (Å²) in [5.74, 6) is -2.07. The van der Waals surface area contributed by atoms with Crippen LogP contribution in [0.1, 0.15) is 40.7 Å². The van der Waals surface area contributed by atoms with Crippen LogP contribution in [0.2, 0.25) is 0 Å². The maximum atomic E-state index is 14.6. The fraction of sp³-hybridized carbons (Fsp3) is 0.406. The zero-order chi connectivity index (χ0) is 33.6. The second-order valence-electron chi connectivity index (χ2n) is 12.6. The predicted octanol–water partition coefficient (Wildman–Crippen LogP) is 7.83. The van der Waals surface area contributed by atoms with E-state index in [1.807, 2.05) is 0 Å². The third kappa shape index (κ3) is 5.36. The first kappa shape index (κ1) is 32.2. The van der Waals surface area contributed by atoms with Crippen molar-refractivity contribution < 1.29 is 46.1 Å². The normalized spacial score (nSPS) is 27.9. The molecule has 1 amide bonds. The Morgan fingerprint density at radius 3 is 2.51 bits per heavy atom. The summed E-state index contributed by atoms with van der Waals surface area (Å²) < 4.78 is 79.5. The van der Waals surface area contributed by atoms with Crippen molar-refractivity contribution in [2.45, 2.75) is 49.6 Å². The standard InChI is InChI=1S/C32H28BrF5N3O5P/c1-18-25(21-14-19(33)6-7-23(21)39-26(18)41-10-11-45-30(17-41)16-31(30,34)35)27(42)40-29-8-12-47(13-9-29,28(43)44)15-22(29)20-4-2-3-5-24(20)46-32(36,37)38/h2-7,14-15H,8-13,16-17H2,1H3,(H-,40,42,43,44)/p+1. The van der Waals surface area contributed by atoms with Crippen LogP contribution in [0, 0.1) is 6.92 Å². The van der Waals surface area contributed by atoms with Gasteiger partial charge in [-0.15, -0.1) is 13.2 Å². The summed E-state index contributed by atoms with van der Waals surface area (Å²) in [6.07, 6.45) is -4.47. The molecule has 1 spiro atoms. The number of carboxylic acid groups (broad SMARTS) is 1. The number of nitrogens with one attached hydrogen (secondary N) is 1. The van der Waals surface area contributed by atoms with Gasteiger partial charge in [0.15, 0.2) is 12.9 Å². The number of nitrogens with zero attached hydrogens (tertiary/aromatic N) is 2. The lowest BCUT2D eigenvalue weighted by atomic mass is 9.79. The number of anilines is 1. The van der Waals surface area contributed by atoms with Crippen LogP contribution >= 0.6 is 23.2 Å². The average Bonchev–Trinajstić information content (AvgIpc) is 3.53. The van der Waals surface area contributed by atoms with Gasteiger partial charge in [-0.2, -0.15) is 0 Å². The van der Waals surface area contributed by atoms with E-state index in [1.165, 1.54) is 18.2 Å². The van der Waals surface area contributed by atoms with E-state index in [4.69, 9.17) is 9.72 Å². The topological polar surface area (TPSA) is 101 Å². The van der Waals surface area contributed by atoms with E-state index in [2.05, 4.69) is 26.0 Å². The Labute approximate surface area is 274 Å². The van der Waals surface area contributed by atoms with Crippen molar-refractivity contribution >= 4 is 57.1 Å². The molecule has 47 heavy (non-hydrogen) atoms. The van der Waals surface area contributed by atoms with Crippen LogP contribution in [-0.4, -0.2) is 77.2 Å². The summed E-state index contributed by atoms with van der Waals surface area (Å²) in [7, 11) is -2.76. The van der Waals surface area contributed by atoms with Crippen LogP contribution in [0.3, 0.4) is 0 Å². The molecule has 15 heteroatoms. The van der Waals surface area contributed by atoms with Crippen LogP contribution in [0.5, 0.6) is 5.75 Å². The number of rotatable bonds is 6. The third-order valence-corrected chi connectivity index (χ3v) is 13.9. The lowest BCUT2D eigenvalue weighted by Gasteiger charge is -2.46. The number of benzene rings is 2. The number of alkyl halides is 5. The number of fused-ring (bicyclic) bond motifs is 3. The summed E-state index contributed by atoms with van der Waals surface area (Å²) >= 11 is 3.46. The van der Waals surface area contributed by atoms with Gasteiger partial charge in [0.05, 0.1) is 54.3 Å². The minimum absolute atomic E-state index is 0.0545. The highest BCUT2D eigenvalue weighted by Crippen LogP contribution is 2.72. The first-order valence-electron chi connectivity index (χ1n) is 15.0. The zero-order valence-corrected chi connectivity index (χ0v) is 27.4. The average molecular weight is 741 g/mol. The molecule has 1 unspecified atom stereocenters. The maximum absolute atomic E-state index is 14.6. The van der Waals surface area contributed by atoms with E-state index >= 15 is 0 Å². The molecule has 3 fully saturated rings. The molecule has 2 saturated heterocycles. The van der Waals surface area contributed by atoms with Gasteiger partial charge in [-0.25, -0.2) is 18.6 Å². The molecule has 1 saturated carbocycles. The molecule has 8 rings (SSSR count). The number of ether oxygens (including phenoxy) is 2. The second kappa shape index (κ2) is 10.8. The van der Waals surface area contributed by atoms with Gasteiger partial charge < -0.3 is 24.8 Å². The molecule has 5 aliphatic rings. The largest absolute Gasteiger partial charge is 0.573 e. The molecule has 8 nitrogen and oxygen atoms in total. The van der Waals surface area contributed by atoms with Gasteiger partial charge in [-0.3, -0.25) is 4.79 Å². The molecule has 248 valence electrons. The Morgan fingerprint density at radius 1 is 1.15 bits per heavy atom. The molecule has 2 aromatic carbocycles. The van der Waals surface area contributed by atoms with Crippen molar-refractivity contribution in [3.63, 3.8) is 0 Å². The highest BCUT2D eigenvalue weighted by Gasteiger charge is 2.74. The van der Waals surface area contributed by atoms with Gasteiger partial charge in [-0.05, 0) is 31.2 Å². The Kier molecular flexibility index (Phi) is 7.42. The Balaban J connectivity index is 1.33. The lowest BCUT2D eigenvalue weighted by molar-refractivity contribution is -0.274. The van der Waals surface area contributed by atoms with Gasteiger partial charge in [0.25, 0.3) is 11.8 Å². The number of carbonyl (C=O) groups is 2. The number of aromatic nitrogens is 1. The molecular formula is C32H29BrF5N3O5P+. The number of pyridine rings is 1. The third-order valence-electron chi connectivity index (χ3n) is 9.83. The van der Waals surface area contributed by atoms with Crippen LogP contribution < -0.4 is 15.0 Å². The van der Waals surface area contributed by atoms with Crippen LogP contribution in [0.4, 0.5) is 32.6 Å². The number of hydrogen-bond donors (Lipinski definition) is 2. The fourth-order valence-electron chi connectivity index (χ4n) is 7.26. The van der Waals surface area contributed by atoms with Crippen LogP contribution in [0.15, 0.2) is 52.8 Å². The molecule has 2 bridgehead atoms. The zero-order valence-electron chi connectivity index (χ0n) is 25.0. The summed E-state index contributed by atoms with van der Waals surface area (Å²) in [4.78, 5) is 33.6. The lowest BCUT2D eigenvalue weighted by Crippen LogP contribution is -2.55. The first-order chi connectivity index (χ1) is 22.1. The van der Waals surface area contributed by atoms with Gasteiger partial charge in [-0.1, -0.05) is 34.1 Å². The quantitative estimate of drug-likeness (QED) is 0.196. The van der Waals surface area contributed by atoms with Crippen molar-refractivity contribution in [2.24, 2.45) is 0 Å². The highest BCUT2D eigenvalue weighted by molar-refractivity contribution is 9.10. The van der Waals surface area contributed by atoms with Crippen molar-refractivity contribution in [1.29, 1.82) is 0 Å². The number of amides is 1. The van der Waals surface area contributed by atoms with E-state index in [-0.39, 0.29) is 61.6 Å². The molecule has 4 aliphatic heterocycles. The Morgan fingerprint density at radius 2 is 1.85 bits per heavy atom. The smallest absolute Gasteiger partial charge is 0.451 e. The SMILES string of the molecule is Cc1c(N2CCOC3(C2)CC3(F)F)nc2ccc(Br)cc2c1C(=O)NC12CC[P+](C(=O)O)(C=C1c1ccccc1OC(F)(F)F)CC2. The number of para-hydroxylation sites is 1. The Bertz CT molecular complexity index is 1860. The minimum Gasteiger partial charge on any atom is -0.451 e. The van der Waals surface area contributed by atoms with E-state index < -0.39 is 54.5 Å². The fourth-order valence-corrected chi connectivity index (χ4v) is 11.0. The molecule has 0 radical (unpaired) electrons. The van der Waals surface area contributed by atoms with Crippen molar-refractivity contribution in [3.8, 4) is 5.75 Å². The van der Waals surface area contributed by atoms with Crippen LogP contribution in [-0.2, 0) is 4.74 Å². The Hall–Kier alpha value is -3.35. The van der Waals surface area contributed by atoms with Gasteiger partial charge in [0.2, 0.25) is 0 Å². The van der Waals surface area contributed by atoms with E-state index in [9.17, 15) is 36.6 Å². The van der Waals surface area contributed by atoms with Gasteiger partial charge in [0.1, 0.15) is 11.6 Å². The van der Waals surface area contributed by atoms with Gasteiger partial charge in [0, 0.05) is 45.9 Å². The monoisotopic (exact) mass is 740 g/mol. The molecule has 3 aromatic rings. The molecule has 1 atom stereocenters. The summed E-state index contributed by atoms with van der Waals surface area (Å²) in [6.45, 7) is 1.92. The summed E-state index contributed by atoms with van der Waals surface area (Å²) in [6, 6.07) is 10.7. The molecule has 2 N–H and O–H groups in total. The molecule has 1 aliphatic carbocycles. The maximum Gasteiger partial charge on any atom is 0.573 e. The van der Waals surface area contributed by atoms with Crippen molar-refractivity contribution in [2.75, 3.05) is 36.9 Å². The number of carbonyl (C=O) groups excluding carboxylic acids is 1. The summed E-state index contributed by atoms with van der Waals surface area (Å²) in [5.41, 5.74) is -2.34. The first-order valence-corrected chi connectivity index (χ1v) is 18.0. The van der Waals surface area contributed by atoms with E-state index in [0.717, 1.165) is 6.07 Å². The van der Waals surface area contributed by atoms with E-state index in [1.54, 1.807) is 35.8 Å². The molecule has 1 aromatic heterocycles. The molecule has 5 heterocycles. The van der Waals surface area contributed by atoms with Crippen LogP contribution in [0.25, 0.3) is 16.5 Å². The number of halogens is 6. The van der Waals surface area contributed by atoms with Crippen molar-refractivity contribution in [3.05, 3.63) is 69.4 Å². The number of hydrogen-bond acceptors (Lipinski definition) is 6. The van der Waals surface area contributed by atoms with Crippen molar-refractivity contribution in [1.82, 2.24) is 10.3 Å². The number of morpholine rings is 1. The summed E-state index contributed by atoms with van der Waals surface area (Å²) in [5, 5.41) is 13.8.